The summed E-state index contributed by atoms with van der Waals surface area (Å²) >= 11 is 0. The van der Waals surface area contributed by atoms with Gasteiger partial charge in [0.05, 0.1) is 11.4 Å². The van der Waals surface area contributed by atoms with E-state index in [1.165, 1.54) is 19.3 Å². The van der Waals surface area contributed by atoms with Gasteiger partial charge in [-0.15, -0.1) is 0 Å². The van der Waals surface area contributed by atoms with Crippen LogP contribution in [0.15, 0.2) is 0 Å². The van der Waals surface area contributed by atoms with E-state index in [9.17, 15) is 13.5 Å². The van der Waals surface area contributed by atoms with Crippen molar-refractivity contribution in [3.63, 3.8) is 0 Å². The lowest BCUT2D eigenvalue weighted by Gasteiger charge is -2.13. The van der Waals surface area contributed by atoms with Crippen LogP contribution in [0.3, 0.4) is 0 Å². The molecule has 0 fully saturated rings. The lowest BCUT2D eigenvalue weighted by atomic mass is 10.0. The smallest absolute Gasteiger partial charge is 0.267 e. The van der Waals surface area contributed by atoms with E-state index in [2.05, 4.69) is 6.92 Å². The van der Waals surface area contributed by atoms with Gasteiger partial charge in [-0.25, -0.2) is 0 Å². The fraction of sp³-hybridized carbons (Fsp3) is 1.00. The molecule has 2 N–H and O–H groups in total. The highest BCUT2D eigenvalue weighted by molar-refractivity contribution is 7.86. The number of rotatable bonds is 12. The minimum Gasteiger partial charge on any atom is -0.393 e. The second kappa shape index (κ2) is 10.6. The average Bonchev–Trinajstić information content (AvgIpc) is 2.32. The molecular formula is C14H30O4S. The van der Waals surface area contributed by atoms with E-state index in [4.69, 9.17) is 4.55 Å². The Morgan fingerprint density at radius 3 is 2.00 bits per heavy atom. The second-order valence-electron chi connectivity index (χ2n) is 5.33. The summed E-state index contributed by atoms with van der Waals surface area (Å²) in [4.78, 5) is 0. The Morgan fingerprint density at radius 1 is 0.895 bits per heavy atom. The van der Waals surface area contributed by atoms with Crippen LogP contribution in [0.5, 0.6) is 0 Å². The standard InChI is InChI=1S/C14H30O4S/c1-3-5-6-7-8-10-13(15)11-9-12-14(4-2)19(16,17)18/h13-15H,3-12H2,1-2H3,(H,16,17,18). The van der Waals surface area contributed by atoms with Crippen molar-refractivity contribution >= 4 is 10.1 Å². The molecule has 0 aliphatic heterocycles. The molecular weight excluding hydrogens is 264 g/mol. The zero-order valence-electron chi connectivity index (χ0n) is 12.3. The van der Waals surface area contributed by atoms with E-state index in [0.717, 1.165) is 19.3 Å². The van der Waals surface area contributed by atoms with Gasteiger partial charge in [-0.3, -0.25) is 4.55 Å². The zero-order valence-corrected chi connectivity index (χ0v) is 13.2. The van der Waals surface area contributed by atoms with Crippen molar-refractivity contribution in [3.8, 4) is 0 Å². The normalized spacial score (nSPS) is 15.4. The predicted octanol–water partition coefficient (Wildman–Crippen LogP) is 3.54. The third-order valence-corrected chi connectivity index (χ3v) is 4.99. The fourth-order valence-electron chi connectivity index (χ4n) is 2.27. The molecule has 2 atom stereocenters. The summed E-state index contributed by atoms with van der Waals surface area (Å²) < 4.78 is 31.0. The van der Waals surface area contributed by atoms with E-state index < -0.39 is 15.4 Å². The molecule has 0 radical (unpaired) electrons. The van der Waals surface area contributed by atoms with Crippen LogP contribution >= 0.6 is 0 Å². The molecule has 0 rings (SSSR count). The SMILES string of the molecule is CCCCCCCC(O)CCCC(CC)S(=O)(=O)O. The molecule has 0 saturated carbocycles. The molecule has 0 aromatic carbocycles. The van der Waals surface area contributed by atoms with Crippen LogP contribution in [0.1, 0.15) is 78.1 Å². The maximum Gasteiger partial charge on any atom is 0.267 e. The summed E-state index contributed by atoms with van der Waals surface area (Å²) in [5.41, 5.74) is 0. The second-order valence-corrected chi connectivity index (χ2v) is 7.03. The molecule has 4 nitrogen and oxygen atoms in total. The molecule has 0 spiro atoms. The molecule has 0 heterocycles. The first-order valence-electron chi connectivity index (χ1n) is 7.56. The van der Waals surface area contributed by atoms with E-state index in [1.807, 2.05) is 0 Å². The van der Waals surface area contributed by atoms with Gasteiger partial charge in [0, 0.05) is 0 Å². The van der Waals surface area contributed by atoms with Crippen LogP contribution in [0.2, 0.25) is 0 Å². The van der Waals surface area contributed by atoms with E-state index in [-0.39, 0.29) is 6.10 Å². The maximum atomic E-state index is 11.0. The molecule has 0 bridgehead atoms. The molecule has 19 heavy (non-hydrogen) atoms. The van der Waals surface area contributed by atoms with E-state index in [1.54, 1.807) is 6.92 Å². The summed E-state index contributed by atoms with van der Waals surface area (Å²) in [5.74, 6) is 0. The summed E-state index contributed by atoms with van der Waals surface area (Å²) in [6.45, 7) is 3.93. The van der Waals surface area contributed by atoms with Crippen molar-refractivity contribution < 1.29 is 18.1 Å². The van der Waals surface area contributed by atoms with Crippen LogP contribution < -0.4 is 0 Å². The van der Waals surface area contributed by atoms with Crippen molar-refractivity contribution in [3.05, 3.63) is 0 Å². The highest BCUT2D eigenvalue weighted by atomic mass is 32.2. The van der Waals surface area contributed by atoms with E-state index >= 15 is 0 Å². The first-order valence-corrected chi connectivity index (χ1v) is 9.06. The zero-order chi connectivity index (χ0) is 14.7. The fourth-order valence-corrected chi connectivity index (χ4v) is 3.16. The van der Waals surface area contributed by atoms with Crippen LogP contribution in [0.4, 0.5) is 0 Å². The van der Waals surface area contributed by atoms with Crippen molar-refractivity contribution in [1.29, 1.82) is 0 Å². The number of aliphatic hydroxyl groups is 1. The van der Waals surface area contributed by atoms with Crippen LogP contribution in [0, 0.1) is 0 Å². The topological polar surface area (TPSA) is 74.6 Å². The molecule has 116 valence electrons. The summed E-state index contributed by atoms with van der Waals surface area (Å²) in [5, 5.41) is 9.11. The van der Waals surface area contributed by atoms with E-state index in [0.29, 0.717) is 25.7 Å². The number of unbranched alkanes of at least 4 members (excludes halogenated alkanes) is 4. The Balaban J connectivity index is 3.65. The van der Waals surface area contributed by atoms with Crippen LogP contribution in [0.25, 0.3) is 0 Å². The lowest BCUT2D eigenvalue weighted by Crippen LogP contribution is -2.20. The third-order valence-electron chi connectivity index (χ3n) is 3.58. The molecule has 0 saturated heterocycles. The van der Waals surface area contributed by atoms with Crippen LogP contribution in [-0.2, 0) is 10.1 Å². The monoisotopic (exact) mass is 294 g/mol. The first kappa shape index (κ1) is 18.9. The minimum atomic E-state index is -3.92. The lowest BCUT2D eigenvalue weighted by molar-refractivity contribution is 0.147. The largest absolute Gasteiger partial charge is 0.393 e. The van der Waals surface area contributed by atoms with Gasteiger partial charge in [0.15, 0.2) is 0 Å². The van der Waals surface area contributed by atoms with Crippen molar-refractivity contribution in [2.24, 2.45) is 0 Å². The van der Waals surface area contributed by atoms with Gasteiger partial charge in [0.2, 0.25) is 0 Å². The maximum absolute atomic E-state index is 11.0. The quantitative estimate of drug-likeness (QED) is 0.426. The Labute approximate surface area is 118 Å². The Morgan fingerprint density at radius 2 is 1.47 bits per heavy atom. The average molecular weight is 294 g/mol. The highest BCUT2D eigenvalue weighted by Gasteiger charge is 2.20. The van der Waals surface area contributed by atoms with Gasteiger partial charge in [-0.2, -0.15) is 8.42 Å². The molecule has 0 aliphatic rings. The molecule has 0 aromatic rings. The van der Waals surface area contributed by atoms with Crippen molar-refractivity contribution in [2.75, 3.05) is 0 Å². The Kier molecular flexibility index (Phi) is 10.6. The number of hydrogen-bond donors (Lipinski definition) is 2. The van der Waals surface area contributed by atoms with Gasteiger partial charge >= 0.3 is 0 Å². The molecule has 5 heteroatoms. The highest BCUT2D eigenvalue weighted by Crippen LogP contribution is 2.16. The van der Waals surface area contributed by atoms with Gasteiger partial charge in [0.25, 0.3) is 10.1 Å². The minimum absolute atomic E-state index is 0.333. The van der Waals surface area contributed by atoms with Gasteiger partial charge in [-0.05, 0) is 32.1 Å². The molecule has 0 aromatic heterocycles. The van der Waals surface area contributed by atoms with Crippen molar-refractivity contribution in [1.82, 2.24) is 0 Å². The summed E-state index contributed by atoms with van der Waals surface area (Å²) in [6, 6.07) is 0. The number of aliphatic hydroxyl groups excluding tert-OH is 1. The van der Waals surface area contributed by atoms with Crippen molar-refractivity contribution in [2.45, 2.75) is 89.4 Å². The Bertz CT molecular complexity index is 301. The Hall–Kier alpha value is -0.130. The van der Waals surface area contributed by atoms with Gasteiger partial charge < -0.3 is 5.11 Å². The summed E-state index contributed by atoms with van der Waals surface area (Å²) in [7, 11) is -3.92. The van der Waals surface area contributed by atoms with Gasteiger partial charge in [-0.1, -0.05) is 46.0 Å². The molecule has 0 amide bonds. The van der Waals surface area contributed by atoms with Crippen LogP contribution in [-0.4, -0.2) is 29.4 Å². The number of hydrogen-bond acceptors (Lipinski definition) is 3. The third kappa shape index (κ3) is 10.3. The predicted molar refractivity (Wildman–Crippen MR) is 78.9 cm³/mol. The molecule has 2 unspecified atom stereocenters. The molecule has 0 aliphatic carbocycles. The summed E-state index contributed by atoms with van der Waals surface area (Å²) in [6.07, 6.45) is 8.49. The van der Waals surface area contributed by atoms with Gasteiger partial charge in [0.1, 0.15) is 0 Å². The first-order chi connectivity index (χ1) is 8.91.